The van der Waals surface area contributed by atoms with E-state index in [0.717, 1.165) is 31.1 Å². The van der Waals surface area contributed by atoms with Gasteiger partial charge in [-0.05, 0) is 23.8 Å². The highest BCUT2D eigenvalue weighted by Crippen LogP contribution is 2.14. The number of benzene rings is 1. The minimum atomic E-state index is 0.487. The molecule has 0 saturated carbocycles. The van der Waals surface area contributed by atoms with E-state index in [1.807, 2.05) is 37.5 Å². The number of hydrogen-bond donors (Lipinski definition) is 1. The lowest BCUT2D eigenvalue weighted by Crippen LogP contribution is -2.18. The Bertz CT molecular complexity index is 525. The topological polar surface area (TPSA) is 48.3 Å². The van der Waals surface area contributed by atoms with E-state index in [1.165, 1.54) is 5.56 Å². The van der Waals surface area contributed by atoms with Gasteiger partial charge in [0.05, 0.1) is 12.3 Å². The molecule has 0 aliphatic rings. The molecule has 0 spiro atoms. The Morgan fingerprint density at radius 2 is 2.20 bits per heavy atom. The van der Waals surface area contributed by atoms with Gasteiger partial charge in [0.1, 0.15) is 12.4 Å². The van der Waals surface area contributed by atoms with Crippen molar-refractivity contribution >= 4 is 0 Å². The normalized spacial score (nSPS) is 10.7. The third-order valence-electron chi connectivity index (χ3n) is 2.87. The van der Waals surface area contributed by atoms with Crippen LogP contribution < -0.4 is 10.1 Å². The van der Waals surface area contributed by atoms with Crippen LogP contribution in [0.4, 0.5) is 0 Å². The number of aromatic nitrogens is 2. The van der Waals surface area contributed by atoms with Gasteiger partial charge in [-0.1, -0.05) is 12.1 Å². The van der Waals surface area contributed by atoms with Crippen molar-refractivity contribution in [2.45, 2.75) is 13.2 Å². The molecule has 1 aromatic carbocycles. The molecule has 0 aliphatic heterocycles. The third kappa shape index (κ3) is 4.68. The molecule has 0 atom stereocenters. The Balaban J connectivity index is 1.82. The quantitative estimate of drug-likeness (QED) is 0.745. The van der Waals surface area contributed by atoms with Crippen LogP contribution in [0.3, 0.4) is 0 Å². The predicted octanol–water partition coefficient (Wildman–Crippen LogP) is 1.74. The van der Waals surface area contributed by atoms with Gasteiger partial charge in [-0.25, -0.2) is 0 Å². The zero-order valence-corrected chi connectivity index (χ0v) is 12.0. The molecule has 0 aliphatic carbocycles. The lowest BCUT2D eigenvalue weighted by atomic mass is 10.2. The van der Waals surface area contributed by atoms with Gasteiger partial charge in [0, 0.05) is 33.4 Å². The number of aryl methyl sites for hydroxylation is 1. The number of ether oxygens (including phenoxy) is 2. The molecule has 1 heterocycles. The Kier molecular flexibility index (Phi) is 5.58. The van der Waals surface area contributed by atoms with Gasteiger partial charge in [0.2, 0.25) is 0 Å². The van der Waals surface area contributed by atoms with Gasteiger partial charge >= 0.3 is 0 Å². The van der Waals surface area contributed by atoms with Crippen LogP contribution in [0.1, 0.15) is 11.3 Å². The largest absolute Gasteiger partial charge is 0.487 e. The summed E-state index contributed by atoms with van der Waals surface area (Å²) in [5, 5.41) is 7.59. The number of rotatable bonds is 8. The van der Waals surface area contributed by atoms with Crippen molar-refractivity contribution in [3.63, 3.8) is 0 Å². The lowest BCUT2D eigenvalue weighted by molar-refractivity contribution is 0.199. The van der Waals surface area contributed by atoms with E-state index >= 15 is 0 Å². The van der Waals surface area contributed by atoms with Crippen LogP contribution >= 0.6 is 0 Å². The fraction of sp³-hybridized carbons (Fsp3) is 0.400. The fourth-order valence-corrected chi connectivity index (χ4v) is 1.85. The van der Waals surface area contributed by atoms with Gasteiger partial charge < -0.3 is 14.8 Å². The summed E-state index contributed by atoms with van der Waals surface area (Å²) >= 11 is 0. The molecule has 0 bridgehead atoms. The number of nitrogens with zero attached hydrogens (tertiary/aromatic N) is 2. The zero-order valence-electron chi connectivity index (χ0n) is 12.0. The molecule has 2 rings (SSSR count). The third-order valence-corrected chi connectivity index (χ3v) is 2.87. The minimum absolute atomic E-state index is 0.487. The Morgan fingerprint density at radius 1 is 1.30 bits per heavy atom. The van der Waals surface area contributed by atoms with Crippen molar-refractivity contribution in [2.75, 3.05) is 20.3 Å². The fourth-order valence-electron chi connectivity index (χ4n) is 1.85. The van der Waals surface area contributed by atoms with Gasteiger partial charge in [-0.3, -0.25) is 4.68 Å². The van der Waals surface area contributed by atoms with E-state index in [-0.39, 0.29) is 0 Å². The van der Waals surface area contributed by atoms with E-state index in [9.17, 15) is 0 Å². The summed E-state index contributed by atoms with van der Waals surface area (Å²) in [5.74, 6) is 0.863. The summed E-state index contributed by atoms with van der Waals surface area (Å²) < 4.78 is 12.5. The van der Waals surface area contributed by atoms with E-state index < -0.39 is 0 Å². The average molecular weight is 275 g/mol. The first-order chi connectivity index (χ1) is 9.78. The molecule has 5 heteroatoms. The highest BCUT2D eigenvalue weighted by atomic mass is 16.5. The van der Waals surface area contributed by atoms with Crippen molar-refractivity contribution in [3.05, 3.63) is 47.8 Å². The first-order valence-corrected chi connectivity index (χ1v) is 6.68. The molecule has 0 amide bonds. The first kappa shape index (κ1) is 14.6. The van der Waals surface area contributed by atoms with Gasteiger partial charge in [0.15, 0.2) is 0 Å². The maximum absolute atomic E-state index is 5.75. The van der Waals surface area contributed by atoms with Crippen LogP contribution in [0.2, 0.25) is 0 Å². The number of methoxy groups -OCH3 is 1. The summed E-state index contributed by atoms with van der Waals surface area (Å²) in [6, 6.07) is 10.0. The van der Waals surface area contributed by atoms with Crippen molar-refractivity contribution in [1.82, 2.24) is 15.1 Å². The van der Waals surface area contributed by atoms with Crippen molar-refractivity contribution < 1.29 is 9.47 Å². The summed E-state index contributed by atoms with van der Waals surface area (Å²) in [6.45, 7) is 2.86. The molecule has 5 nitrogen and oxygen atoms in total. The second-order valence-electron chi connectivity index (χ2n) is 4.59. The minimum Gasteiger partial charge on any atom is -0.487 e. The smallest absolute Gasteiger partial charge is 0.132 e. The van der Waals surface area contributed by atoms with Crippen molar-refractivity contribution in [2.24, 2.45) is 7.05 Å². The van der Waals surface area contributed by atoms with Crippen molar-refractivity contribution in [1.29, 1.82) is 0 Å². The van der Waals surface area contributed by atoms with E-state index in [4.69, 9.17) is 9.47 Å². The van der Waals surface area contributed by atoms with Crippen LogP contribution in [0.25, 0.3) is 0 Å². The number of nitrogens with one attached hydrogen (secondary N) is 1. The molecule has 1 aromatic heterocycles. The molecule has 0 saturated heterocycles. The van der Waals surface area contributed by atoms with Gasteiger partial charge in [-0.15, -0.1) is 0 Å². The van der Waals surface area contributed by atoms with Crippen LogP contribution in [0.15, 0.2) is 36.5 Å². The Morgan fingerprint density at radius 3 is 2.95 bits per heavy atom. The molecule has 1 N–H and O–H groups in total. The van der Waals surface area contributed by atoms with Gasteiger partial charge in [-0.2, -0.15) is 5.10 Å². The standard InChI is InChI=1S/C15H21N3O2/c1-18-8-6-14(17-18)12-20-15-5-3-4-13(10-15)11-16-7-9-19-2/h3-6,8,10,16H,7,9,11-12H2,1-2H3. The summed E-state index contributed by atoms with van der Waals surface area (Å²) in [7, 11) is 3.60. The molecule has 2 aromatic rings. The Labute approximate surface area is 119 Å². The van der Waals surface area contributed by atoms with Crippen LogP contribution in [0, 0.1) is 0 Å². The molecule has 108 valence electrons. The molecular weight excluding hydrogens is 254 g/mol. The molecule has 0 radical (unpaired) electrons. The second-order valence-corrected chi connectivity index (χ2v) is 4.59. The maximum atomic E-state index is 5.75. The van der Waals surface area contributed by atoms with Crippen LogP contribution in [0.5, 0.6) is 5.75 Å². The number of hydrogen-bond acceptors (Lipinski definition) is 4. The molecular formula is C15H21N3O2. The van der Waals surface area contributed by atoms with E-state index in [0.29, 0.717) is 6.61 Å². The summed E-state index contributed by atoms with van der Waals surface area (Å²) in [5.41, 5.74) is 2.12. The maximum Gasteiger partial charge on any atom is 0.132 e. The van der Waals surface area contributed by atoms with Gasteiger partial charge in [0.25, 0.3) is 0 Å². The van der Waals surface area contributed by atoms with Crippen molar-refractivity contribution in [3.8, 4) is 5.75 Å². The lowest BCUT2D eigenvalue weighted by Gasteiger charge is -2.08. The molecule has 0 unspecified atom stereocenters. The van der Waals surface area contributed by atoms with E-state index in [2.05, 4.69) is 16.5 Å². The zero-order chi connectivity index (χ0) is 14.2. The predicted molar refractivity (Wildman–Crippen MR) is 77.6 cm³/mol. The average Bonchev–Trinajstić information content (AvgIpc) is 2.88. The monoisotopic (exact) mass is 275 g/mol. The summed E-state index contributed by atoms with van der Waals surface area (Å²) in [4.78, 5) is 0. The van der Waals surface area contributed by atoms with E-state index in [1.54, 1.807) is 11.8 Å². The highest BCUT2D eigenvalue weighted by molar-refractivity contribution is 5.28. The highest BCUT2D eigenvalue weighted by Gasteiger charge is 2.00. The molecule has 0 fully saturated rings. The van der Waals surface area contributed by atoms with Crippen LogP contribution in [-0.4, -0.2) is 30.0 Å². The van der Waals surface area contributed by atoms with Crippen LogP contribution in [-0.2, 0) is 24.9 Å². The molecule has 20 heavy (non-hydrogen) atoms. The SMILES string of the molecule is COCCNCc1cccc(OCc2ccn(C)n2)c1. The first-order valence-electron chi connectivity index (χ1n) is 6.68. The second kappa shape index (κ2) is 7.67. The Hall–Kier alpha value is -1.85. The summed E-state index contributed by atoms with van der Waals surface area (Å²) in [6.07, 6.45) is 1.91.